The van der Waals surface area contributed by atoms with Crippen molar-refractivity contribution in [3.8, 4) is 0 Å². The average Bonchev–Trinajstić information content (AvgIpc) is 2.81. The molecular formula is C18H29B. The molecule has 0 aromatic heterocycles. The lowest BCUT2D eigenvalue weighted by Crippen LogP contribution is -2.50. The molecule has 0 N–H and O–H groups in total. The van der Waals surface area contributed by atoms with E-state index in [1.807, 2.05) is 0 Å². The van der Waals surface area contributed by atoms with Crippen molar-refractivity contribution < 1.29 is 0 Å². The van der Waals surface area contributed by atoms with Gasteiger partial charge in [0, 0.05) is 0 Å². The predicted octanol–water partition coefficient (Wildman–Crippen LogP) is 5.13. The van der Waals surface area contributed by atoms with E-state index in [9.17, 15) is 0 Å². The second kappa shape index (κ2) is 4.28. The SMILES string of the molecule is [B]C12CCC3(C)CCCC3C1CCC1CCCCC12. The summed E-state index contributed by atoms with van der Waals surface area (Å²) in [6.07, 6.45) is 16.0. The van der Waals surface area contributed by atoms with Gasteiger partial charge in [-0.3, -0.25) is 0 Å². The molecule has 0 aliphatic heterocycles. The molecule has 19 heavy (non-hydrogen) atoms. The first-order valence-electron chi connectivity index (χ1n) is 8.92. The number of fused-ring (bicyclic) bond motifs is 5. The minimum atomic E-state index is 0.234. The van der Waals surface area contributed by atoms with Gasteiger partial charge in [-0.15, -0.1) is 0 Å². The Morgan fingerprint density at radius 3 is 2.42 bits per heavy atom. The zero-order valence-electron chi connectivity index (χ0n) is 12.7. The fraction of sp³-hybridized carbons (Fsp3) is 1.00. The first-order chi connectivity index (χ1) is 9.13. The minimum Gasteiger partial charge on any atom is -0.0600 e. The molecule has 4 aliphatic rings. The van der Waals surface area contributed by atoms with E-state index in [1.165, 1.54) is 70.6 Å². The van der Waals surface area contributed by atoms with Crippen LogP contribution in [0.3, 0.4) is 0 Å². The van der Waals surface area contributed by atoms with Crippen LogP contribution in [0, 0.1) is 29.1 Å². The number of hydrogen-bond acceptors (Lipinski definition) is 0. The molecule has 6 unspecified atom stereocenters. The zero-order chi connectivity index (χ0) is 13.1. The van der Waals surface area contributed by atoms with Gasteiger partial charge in [0.2, 0.25) is 0 Å². The van der Waals surface area contributed by atoms with E-state index in [0.717, 1.165) is 23.7 Å². The summed E-state index contributed by atoms with van der Waals surface area (Å²) >= 11 is 0. The van der Waals surface area contributed by atoms with Crippen LogP contribution in [0.4, 0.5) is 0 Å². The van der Waals surface area contributed by atoms with E-state index in [1.54, 1.807) is 0 Å². The van der Waals surface area contributed by atoms with Crippen molar-refractivity contribution in [1.82, 2.24) is 0 Å². The Morgan fingerprint density at radius 1 is 0.737 bits per heavy atom. The molecular weight excluding hydrogens is 227 g/mol. The van der Waals surface area contributed by atoms with E-state index in [4.69, 9.17) is 7.85 Å². The van der Waals surface area contributed by atoms with Gasteiger partial charge < -0.3 is 0 Å². The Labute approximate surface area is 120 Å². The van der Waals surface area contributed by atoms with Crippen LogP contribution in [0.5, 0.6) is 0 Å². The Bertz CT molecular complexity index is 365. The summed E-state index contributed by atoms with van der Waals surface area (Å²) in [5, 5.41) is 0.234. The summed E-state index contributed by atoms with van der Waals surface area (Å²) in [6, 6.07) is 0. The summed E-state index contributed by atoms with van der Waals surface area (Å²) < 4.78 is 0. The van der Waals surface area contributed by atoms with Crippen molar-refractivity contribution in [2.24, 2.45) is 29.1 Å². The van der Waals surface area contributed by atoms with Gasteiger partial charge >= 0.3 is 0 Å². The first kappa shape index (κ1) is 12.8. The molecule has 0 bridgehead atoms. The van der Waals surface area contributed by atoms with E-state index in [-0.39, 0.29) is 5.31 Å². The Balaban J connectivity index is 1.66. The third kappa shape index (κ3) is 1.72. The summed E-state index contributed by atoms with van der Waals surface area (Å²) in [5.41, 5.74) is 0.662. The molecule has 4 fully saturated rings. The average molecular weight is 256 g/mol. The van der Waals surface area contributed by atoms with Crippen molar-refractivity contribution in [3.05, 3.63) is 0 Å². The Hall–Kier alpha value is 0.0649. The van der Waals surface area contributed by atoms with Crippen molar-refractivity contribution in [3.63, 3.8) is 0 Å². The smallest absolute Gasteiger partial charge is 0.0600 e. The normalized spacial score (nSPS) is 57.1. The highest BCUT2D eigenvalue weighted by molar-refractivity contribution is 6.16. The fourth-order valence-electron chi connectivity index (χ4n) is 6.90. The van der Waals surface area contributed by atoms with Crippen LogP contribution in [0.1, 0.15) is 77.6 Å². The molecule has 4 saturated carbocycles. The molecule has 1 heteroatoms. The number of rotatable bonds is 0. The van der Waals surface area contributed by atoms with Crippen molar-refractivity contribution >= 4 is 7.85 Å². The van der Waals surface area contributed by atoms with E-state index < -0.39 is 0 Å². The molecule has 0 heterocycles. The molecule has 0 nitrogen and oxygen atoms in total. The maximum atomic E-state index is 7.13. The molecule has 2 radical (unpaired) electrons. The van der Waals surface area contributed by atoms with Crippen LogP contribution in [-0.2, 0) is 0 Å². The minimum absolute atomic E-state index is 0.234. The molecule has 104 valence electrons. The third-order valence-corrected chi connectivity index (χ3v) is 7.91. The van der Waals surface area contributed by atoms with Gasteiger partial charge in [0.25, 0.3) is 0 Å². The van der Waals surface area contributed by atoms with Gasteiger partial charge in [-0.1, -0.05) is 57.2 Å². The van der Waals surface area contributed by atoms with Crippen molar-refractivity contribution in [1.29, 1.82) is 0 Å². The van der Waals surface area contributed by atoms with Crippen molar-refractivity contribution in [2.75, 3.05) is 0 Å². The van der Waals surface area contributed by atoms with E-state index in [2.05, 4.69) is 6.92 Å². The molecule has 0 saturated heterocycles. The largest absolute Gasteiger partial charge is 0.0754 e. The molecule has 0 amide bonds. The monoisotopic (exact) mass is 256 g/mol. The predicted molar refractivity (Wildman–Crippen MR) is 81.3 cm³/mol. The molecule has 4 aliphatic carbocycles. The zero-order valence-corrected chi connectivity index (χ0v) is 12.7. The standard InChI is InChI=1S/C18H29B/c1-17-10-4-7-15(17)16-9-8-13-5-2-3-6-14(13)18(16,19)12-11-17/h13-16H,2-12H2,1H3. The maximum absolute atomic E-state index is 7.13. The highest BCUT2D eigenvalue weighted by Gasteiger charge is 2.57. The Morgan fingerprint density at radius 2 is 1.53 bits per heavy atom. The fourth-order valence-corrected chi connectivity index (χ4v) is 6.90. The highest BCUT2D eigenvalue weighted by atomic mass is 14.6. The van der Waals surface area contributed by atoms with Gasteiger partial charge in [0.15, 0.2) is 0 Å². The van der Waals surface area contributed by atoms with Crippen LogP contribution in [0.2, 0.25) is 5.31 Å². The van der Waals surface area contributed by atoms with Crippen LogP contribution >= 0.6 is 0 Å². The van der Waals surface area contributed by atoms with Crippen LogP contribution in [0.25, 0.3) is 0 Å². The second-order valence-corrected chi connectivity index (χ2v) is 8.60. The van der Waals surface area contributed by atoms with Gasteiger partial charge in [0.1, 0.15) is 0 Å². The third-order valence-electron chi connectivity index (χ3n) is 7.91. The molecule has 4 rings (SSSR count). The maximum Gasteiger partial charge on any atom is 0.0754 e. The quantitative estimate of drug-likeness (QED) is 0.527. The number of hydrogen-bond donors (Lipinski definition) is 0. The highest BCUT2D eigenvalue weighted by Crippen LogP contribution is 2.69. The molecule has 0 spiro atoms. The van der Waals surface area contributed by atoms with Crippen LogP contribution in [0.15, 0.2) is 0 Å². The summed E-state index contributed by atoms with van der Waals surface area (Å²) in [7, 11) is 7.13. The Kier molecular flexibility index (Phi) is 2.88. The molecule has 0 aromatic carbocycles. The summed E-state index contributed by atoms with van der Waals surface area (Å²) in [4.78, 5) is 0. The summed E-state index contributed by atoms with van der Waals surface area (Å²) in [5.74, 6) is 3.70. The van der Waals surface area contributed by atoms with E-state index in [0.29, 0.717) is 5.41 Å². The topological polar surface area (TPSA) is 0 Å². The van der Waals surface area contributed by atoms with Gasteiger partial charge in [-0.05, 0) is 54.8 Å². The second-order valence-electron chi connectivity index (χ2n) is 8.60. The van der Waals surface area contributed by atoms with Gasteiger partial charge in [-0.2, -0.15) is 0 Å². The summed E-state index contributed by atoms with van der Waals surface area (Å²) in [6.45, 7) is 2.58. The first-order valence-corrected chi connectivity index (χ1v) is 8.92. The van der Waals surface area contributed by atoms with Crippen LogP contribution in [-0.4, -0.2) is 7.85 Å². The van der Waals surface area contributed by atoms with Crippen molar-refractivity contribution in [2.45, 2.75) is 82.9 Å². The lowest BCUT2D eigenvalue weighted by atomic mass is 9.37. The lowest BCUT2D eigenvalue weighted by molar-refractivity contribution is -0.0371. The lowest BCUT2D eigenvalue weighted by Gasteiger charge is -2.61. The van der Waals surface area contributed by atoms with Crippen LogP contribution < -0.4 is 0 Å². The van der Waals surface area contributed by atoms with E-state index >= 15 is 0 Å². The molecule has 0 aromatic rings. The molecule has 6 atom stereocenters. The van der Waals surface area contributed by atoms with Gasteiger partial charge in [-0.25, -0.2) is 0 Å². The van der Waals surface area contributed by atoms with Gasteiger partial charge in [0.05, 0.1) is 7.85 Å².